The summed E-state index contributed by atoms with van der Waals surface area (Å²) in [6.07, 6.45) is 1.65. The first-order valence-corrected chi connectivity index (χ1v) is 6.83. The van der Waals surface area contributed by atoms with E-state index in [1.165, 1.54) is 4.90 Å². The molecule has 0 unspecified atom stereocenters. The third-order valence-corrected chi connectivity index (χ3v) is 3.02. The van der Waals surface area contributed by atoms with Gasteiger partial charge in [0.2, 0.25) is 5.89 Å². The molecule has 0 fully saturated rings. The minimum atomic E-state index is -0.243. The van der Waals surface area contributed by atoms with Gasteiger partial charge in [-0.2, -0.15) is 0 Å². The van der Waals surface area contributed by atoms with E-state index >= 15 is 0 Å². The zero-order chi connectivity index (χ0) is 15.2. The summed E-state index contributed by atoms with van der Waals surface area (Å²) in [6, 6.07) is 7.05. The van der Waals surface area contributed by atoms with Gasteiger partial charge >= 0.3 is 6.03 Å². The molecule has 1 aromatic heterocycles. The highest BCUT2D eigenvalue weighted by atomic mass is 16.4. The summed E-state index contributed by atoms with van der Waals surface area (Å²) >= 11 is 0. The Balaban J connectivity index is 2.12. The molecule has 0 aliphatic rings. The number of hydrogen-bond donors (Lipinski definition) is 2. The first-order valence-electron chi connectivity index (χ1n) is 6.83. The van der Waals surface area contributed by atoms with Crippen molar-refractivity contribution in [2.45, 2.75) is 13.8 Å². The van der Waals surface area contributed by atoms with E-state index in [4.69, 9.17) is 9.52 Å². The number of rotatable bonds is 5. The van der Waals surface area contributed by atoms with E-state index in [1.54, 1.807) is 18.3 Å². The molecule has 1 heterocycles. The average Bonchev–Trinajstić information content (AvgIpc) is 2.91. The summed E-state index contributed by atoms with van der Waals surface area (Å²) in [5.74, 6) is 1.26. The van der Waals surface area contributed by atoms with Gasteiger partial charge < -0.3 is 19.7 Å². The Labute approximate surface area is 123 Å². The minimum Gasteiger partial charge on any atom is -0.441 e. The maximum Gasteiger partial charge on any atom is 0.321 e. The number of aliphatic hydroxyl groups is 1. The molecule has 2 N–H and O–H groups in total. The number of carbonyl (C=O) groups excluding carboxylic acids is 1. The van der Waals surface area contributed by atoms with Crippen molar-refractivity contribution in [1.29, 1.82) is 0 Å². The van der Waals surface area contributed by atoms with Crippen LogP contribution in [0.25, 0.3) is 11.5 Å². The molecular formula is C15H19N3O3. The van der Waals surface area contributed by atoms with Crippen LogP contribution < -0.4 is 5.32 Å². The number of urea groups is 1. The molecule has 0 aliphatic heterocycles. The Morgan fingerprint density at radius 1 is 1.48 bits per heavy atom. The number of aryl methyl sites for hydroxylation is 1. The number of carbonyl (C=O) groups is 1. The van der Waals surface area contributed by atoms with Crippen LogP contribution >= 0.6 is 0 Å². The van der Waals surface area contributed by atoms with Gasteiger partial charge in [0.1, 0.15) is 5.76 Å². The van der Waals surface area contributed by atoms with Crippen molar-refractivity contribution < 1.29 is 14.3 Å². The lowest BCUT2D eigenvalue weighted by molar-refractivity contribution is 0.192. The summed E-state index contributed by atoms with van der Waals surface area (Å²) in [7, 11) is 0. The highest BCUT2D eigenvalue weighted by Crippen LogP contribution is 2.22. The molecule has 0 radical (unpaired) electrons. The van der Waals surface area contributed by atoms with E-state index in [2.05, 4.69) is 10.3 Å². The van der Waals surface area contributed by atoms with Crippen LogP contribution in [0.2, 0.25) is 0 Å². The zero-order valence-corrected chi connectivity index (χ0v) is 12.2. The molecule has 2 aromatic rings. The quantitative estimate of drug-likeness (QED) is 0.886. The Bertz CT molecular complexity index is 610. The standard InChI is InChI=1S/C15H19N3O3/c1-3-18(7-8-19)15(20)17-13-6-4-5-12(9-13)14-16-10-11(2)21-14/h4-6,9-10,19H,3,7-8H2,1-2H3,(H,17,20). The summed E-state index contributed by atoms with van der Waals surface area (Å²) in [6.45, 7) is 4.47. The van der Waals surface area contributed by atoms with E-state index in [9.17, 15) is 4.79 Å². The maximum absolute atomic E-state index is 12.1. The zero-order valence-electron chi connectivity index (χ0n) is 12.2. The molecule has 0 bridgehead atoms. The lowest BCUT2D eigenvalue weighted by Gasteiger charge is -2.20. The van der Waals surface area contributed by atoms with Crippen molar-refractivity contribution in [3.8, 4) is 11.5 Å². The average molecular weight is 289 g/mol. The molecule has 0 aliphatic carbocycles. The molecule has 0 saturated carbocycles. The third-order valence-electron chi connectivity index (χ3n) is 3.02. The molecule has 0 spiro atoms. The number of hydrogen-bond acceptors (Lipinski definition) is 4. The number of anilines is 1. The molecule has 21 heavy (non-hydrogen) atoms. The highest BCUT2D eigenvalue weighted by Gasteiger charge is 2.12. The number of benzene rings is 1. The Morgan fingerprint density at radius 3 is 2.90 bits per heavy atom. The van der Waals surface area contributed by atoms with Crippen molar-refractivity contribution in [1.82, 2.24) is 9.88 Å². The van der Waals surface area contributed by atoms with E-state index in [-0.39, 0.29) is 12.6 Å². The van der Waals surface area contributed by atoms with Crippen molar-refractivity contribution in [2.24, 2.45) is 0 Å². The lowest BCUT2D eigenvalue weighted by atomic mass is 10.2. The van der Waals surface area contributed by atoms with Crippen LogP contribution in [0.3, 0.4) is 0 Å². The van der Waals surface area contributed by atoms with Gasteiger partial charge in [-0.05, 0) is 32.0 Å². The first-order chi connectivity index (χ1) is 10.1. The van der Waals surface area contributed by atoms with Crippen molar-refractivity contribution >= 4 is 11.7 Å². The van der Waals surface area contributed by atoms with Crippen LogP contribution in [0.5, 0.6) is 0 Å². The van der Waals surface area contributed by atoms with Crippen molar-refractivity contribution in [2.75, 3.05) is 25.0 Å². The number of aliphatic hydroxyl groups excluding tert-OH is 1. The fourth-order valence-corrected chi connectivity index (χ4v) is 1.94. The Morgan fingerprint density at radius 2 is 2.29 bits per heavy atom. The fourth-order valence-electron chi connectivity index (χ4n) is 1.94. The summed E-state index contributed by atoms with van der Waals surface area (Å²) in [4.78, 5) is 17.7. The van der Waals surface area contributed by atoms with E-state index in [1.807, 2.05) is 26.0 Å². The molecule has 2 rings (SSSR count). The molecule has 2 amide bonds. The molecule has 6 nitrogen and oxygen atoms in total. The Kier molecular flexibility index (Phi) is 4.94. The monoisotopic (exact) mass is 289 g/mol. The van der Waals surface area contributed by atoms with E-state index in [0.29, 0.717) is 24.7 Å². The largest absolute Gasteiger partial charge is 0.441 e. The second-order valence-corrected chi connectivity index (χ2v) is 4.59. The number of aromatic nitrogens is 1. The maximum atomic E-state index is 12.1. The van der Waals surface area contributed by atoms with Gasteiger partial charge in [-0.1, -0.05) is 6.07 Å². The van der Waals surface area contributed by atoms with Crippen molar-refractivity contribution in [3.63, 3.8) is 0 Å². The molecule has 0 saturated heterocycles. The summed E-state index contributed by atoms with van der Waals surface area (Å²) in [5, 5.41) is 11.7. The number of oxazole rings is 1. The number of nitrogens with zero attached hydrogens (tertiary/aromatic N) is 2. The van der Waals surface area contributed by atoms with Gasteiger partial charge in [-0.15, -0.1) is 0 Å². The number of nitrogens with one attached hydrogen (secondary N) is 1. The summed E-state index contributed by atoms with van der Waals surface area (Å²) < 4.78 is 5.47. The minimum absolute atomic E-state index is 0.0586. The molecule has 0 atom stereocenters. The predicted octanol–water partition coefficient (Wildman–Crippen LogP) is 2.50. The van der Waals surface area contributed by atoms with Gasteiger partial charge in [0.05, 0.1) is 12.8 Å². The van der Waals surface area contributed by atoms with E-state index in [0.717, 1.165) is 11.3 Å². The second-order valence-electron chi connectivity index (χ2n) is 4.59. The van der Waals surface area contributed by atoms with Gasteiger partial charge in [0, 0.05) is 24.3 Å². The summed E-state index contributed by atoms with van der Waals surface area (Å²) in [5.41, 5.74) is 1.45. The van der Waals surface area contributed by atoms with E-state index < -0.39 is 0 Å². The molecular weight excluding hydrogens is 270 g/mol. The van der Waals surface area contributed by atoms with Gasteiger partial charge in [-0.3, -0.25) is 0 Å². The molecule has 112 valence electrons. The normalized spacial score (nSPS) is 10.4. The second kappa shape index (κ2) is 6.90. The first kappa shape index (κ1) is 15.1. The molecule has 1 aromatic carbocycles. The SMILES string of the molecule is CCN(CCO)C(=O)Nc1cccc(-c2ncc(C)o2)c1. The van der Waals surface area contributed by atoms with Crippen LogP contribution in [0.4, 0.5) is 10.5 Å². The Hall–Kier alpha value is -2.34. The van der Waals surface area contributed by atoms with Crippen LogP contribution in [0.1, 0.15) is 12.7 Å². The van der Waals surface area contributed by atoms with Crippen LogP contribution in [0.15, 0.2) is 34.9 Å². The van der Waals surface area contributed by atoms with Crippen LogP contribution in [-0.2, 0) is 0 Å². The van der Waals surface area contributed by atoms with Gasteiger partial charge in [0.15, 0.2) is 0 Å². The third kappa shape index (κ3) is 3.82. The highest BCUT2D eigenvalue weighted by molar-refractivity contribution is 5.90. The van der Waals surface area contributed by atoms with Crippen LogP contribution in [0, 0.1) is 6.92 Å². The smallest absolute Gasteiger partial charge is 0.321 e. The number of likely N-dealkylation sites (N-methyl/N-ethyl adjacent to an activating group) is 1. The fraction of sp³-hybridized carbons (Fsp3) is 0.333. The molecule has 6 heteroatoms. The predicted molar refractivity (Wildman–Crippen MR) is 80.0 cm³/mol. The topological polar surface area (TPSA) is 78.6 Å². The van der Waals surface area contributed by atoms with Crippen molar-refractivity contribution in [3.05, 3.63) is 36.2 Å². The van der Waals surface area contributed by atoms with Gasteiger partial charge in [-0.25, -0.2) is 9.78 Å². The van der Waals surface area contributed by atoms with Gasteiger partial charge in [0.25, 0.3) is 0 Å². The lowest BCUT2D eigenvalue weighted by Crippen LogP contribution is -2.36. The van der Waals surface area contributed by atoms with Crippen LogP contribution in [-0.4, -0.2) is 40.7 Å². The number of amides is 2.